The second-order valence-corrected chi connectivity index (χ2v) is 5.38. The van der Waals surface area contributed by atoms with Crippen molar-refractivity contribution in [1.82, 2.24) is 5.32 Å². The van der Waals surface area contributed by atoms with E-state index in [4.69, 9.17) is 9.47 Å². The number of likely N-dealkylation sites (N-methyl/N-ethyl adjacent to an activating group) is 1. The molecule has 0 amide bonds. The molecule has 0 aromatic heterocycles. The Hall–Kier alpha value is -0.540. The molecule has 0 aromatic carbocycles. The second-order valence-electron chi connectivity index (χ2n) is 5.38. The van der Waals surface area contributed by atoms with Crippen molar-refractivity contribution < 1.29 is 9.47 Å². The van der Waals surface area contributed by atoms with Crippen molar-refractivity contribution in [3.8, 4) is 0 Å². The summed E-state index contributed by atoms with van der Waals surface area (Å²) >= 11 is 0. The third kappa shape index (κ3) is 3.27. The van der Waals surface area contributed by atoms with Crippen molar-refractivity contribution in [2.75, 3.05) is 20.3 Å². The molecule has 1 heterocycles. The second kappa shape index (κ2) is 7.15. The van der Waals surface area contributed by atoms with Gasteiger partial charge in [-0.15, -0.1) is 0 Å². The molecule has 2 atom stereocenters. The molecule has 3 nitrogen and oxygen atoms in total. The fourth-order valence-electron chi connectivity index (χ4n) is 3.32. The van der Waals surface area contributed by atoms with E-state index in [0.717, 1.165) is 25.3 Å². The average molecular weight is 253 g/mol. The summed E-state index contributed by atoms with van der Waals surface area (Å²) in [6.45, 7) is 3.94. The van der Waals surface area contributed by atoms with Gasteiger partial charge in [0.1, 0.15) is 5.76 Å². The predicted molar refractivity (Wildman–Crippen MR) is 73.5 cm³/mol. The summed E-state index contributed by atoms with van der Waals surface area (Å²) in [7, 11) is 1.85. The number of methoxy groups -OCH3 is 1. The summed E-state index contributed by atoms with van der Waals surface area (Å²) in [4.78, 5) is 0. The first-order chi connectivity index (χ1) is 8.86. The Morgan fingerprint density at radius 1 is 1.39 bits per heavy atom. The lowest BCUT2D eigenvalue weighted by molar-refractivity contribution is 0.00429. The molecule has 3 heteroatoms. The van der Waals surface area contributed by atoms with Gasteiger partial charge >= 0.3 is 0 Å². The first-order valence-corrected chi connectivity index (χ1v) is 7.45. The van der Waals surface area contributed by atoms with E-state index in [1.165, 1.54) is 32.1 Å². The van der Waals surface area contributed by atoms with Crippen molar-refractivity contribution in [3.05, 3.63) is 11.8 Å². The fraction of sp³-hybridized carbons (Fsp3) is 0.867. The molecular weight excluding hydrogens is 226 g/mol. The summed E-state index contributed by atoms with van der Waals surface area (Å²) in [5.74, 6) is 1.78. The van der Waals surface area contributed by atoms with Gasteiger partial charge in [0.25, 0.3) is 0 Å². The zero-order valence-corrected chi connectivity index (χ0v) is 11.8. The van der Waals surface area contributed by atoms with Gasteiger partial charge in [-0.05, 0) is 31.4 Å². The first kappa shape index (κ1) is 13.9. The smallest absolute Gasteiger partial charge is 0.112 e. The molecule has 1 saturated carbocycles. The Bertz CT molecular complexity index is 272. The summed E-state index contributed by atoms with van der Waals surface area (Å²) < 4.78 is 11.6. The molecule has 0 saturated heterocycles. The maximum Gasteiger partial charge on any atom is 0.112 e. The van der Waals surface area contributed by atoms with Crippen LogP contribution >= 0.6 is 0 Å². The van der Waals surface area contributed by atoms with E-state index in [-0.39, 0.29) is 12.1 Å². The average Bonchev–Trinajstić information content (AvgIpc) is 2.93. The Morgan fingerprint density at radius 2 is 2.17 bits per heavy atom. The highest BCUT2D eigenvalue weighted by atomic mass is 16.5. The van der Waals surface area contributed by atoms with Gasteiger partial charge in [-0.2, -0.15) is 0 Å². The molecule has 2 aliphatic rings. The SMILES string of the molecule is CCNC(C1=CCCO1)C(OC)C1CCCCC1. The minimum Gasteiger partial charge on any atom is -0.496 e. The Kier molecular flexibility index (Phi) is 5.51. The highest BCUT2D eigenvalue weighted by Gasteiger charge is 2.34. The van der Waals surface area contributed by atoms with Gasteiger partial charge < -0.3 is 14.8 Å². The van der Waals surface area contributed by atoms with Gasteiger partial charge in [0.2, 0.25) is 0 Å². The van der Waals surface area contributed by atoms with Crippen molar-refractivity contribution in [1.29, 1.82) is 0 Å². The summed E-state index contributed by atoms with van der Waals surface area (Å²) in [6.07, 6.45) is 10.2. The summed E-state index contributed by atoms with van der Waals surface area (Å²) in [5, 5.41) is 3.55. The molecule has 0 spiro atoms. The van der Waals surface area contributed by atoms with E-state index in [1.54, 1.807) is 0 Å². The van der Waals surface area contributed by atoms with Gasteiger partial charge in [-0.1, -0.05) is 26.2 Å². The minimum absolute atomic E-state index is 0.241. The standard InChI is InChI=1S/C15H27NO2/c1-3-16-14(13-10-7-11-18-13)15(17-2)12-8-5-4-6-9-12/h10,12,14-16H,3-9,11H2,1-2H3. The normalized spacial score (nSPS) is 24.4. The maximum absolute atomic E-state index is 5.83. The molecule has 1 N–H and O–H groups in total. The van der Waals surface area contributed by atoms with Crippen molar-refractivity contribution in [2.24, 2.45) is 5.92 Å². The number of hydrogen-bond acceptors (Lipinski definition) is 3. The fourth-order valence-corrected chi connectivity index (χ4v) is 3.32. The highest BCUT2D eigenvalue weighted by Crippen LogP contribution is 2.32. The number of hydrogen-bond donors (Lipinski definition) is 1. The molecule has 2 rings (SSSR count). The monoisotopic (exact) mass is 253 g/mol. The molecule has 2 unspecified atom stereocenters. The van der Waals surface area contributed by atoms with E-state index >= 15 is 0 Å². The molecular formula is C15H27NO2. The van der Waals surface area contributed by atoms with Crippen LogP contribution < -0.4 is 5.32 Å². The molecule has 1 aliphatic heterocycles. The van der Waals surface area contributed by atoms with E-state index in [2.05, 4.69) is 18.3 Å². The van der Waals surface area contributed by atoms with Crippen LogP contribution in [-0.2, 0) is 9.47 Å². The van der Waals surface area contributed by atoms with Crippen LogP contribution in [0.15, 0.2) is 11.8 Å². The van der Waals surface area contributed by atoms with Gasteiger partial charge in [0.05, 0.1) is 18.8 Å². The van der Waals surface area contributed by atoms with E-state index in [1.807, 2.05) is 7.11 Å². The van der Waals surface area contributed by atoms with E-state index < -0.39 is 0 Å². The lowest BCUT2D eigenvalue weighted by atomic mass is 9.82. The summed E-state index contributed by atoms with van der Waals surface area (Å²) in [6, 6.07) is 0.241. The molecule has 0 bridgehead atoms. The number of nitrogens with one attached hydrogen (secondary N) is 1. The van der Waals surface area contributed by atoms with Crippen LogP contribution in [-0.4, -0.2) is 32.4 Å². The molecule has 1 aliphatic carbocycles. The topological polar surface area (TPSA) is 30.5 Å². The number of ether oxygens (including phenoxy) is 2. The zero-order chi connectivity index (χ0) is 12.8. The van der Waals surface area contributed by atoms with Crippen molar-refractivity contribution >= 4 is 0 Å². The predicted octanol–water partition coefficient (Wildman–Crippen LogP) is 2.86. The zero-order valence-electron chi connectivity index (χ0n) is 11.8. The molecule has 0 radical (unpaired) electrons. The van der Waals surface area contributed by atoms with Gasteiger partial charge in [0, 0.05) is 13.5 Å². The largest absolute Gasteiger partial charge is 0.496 e. The molecule has 104 valence electrons. The van der Waals surface area contributed by atoms with Crippen LogP contribution in [0.4, 0.5) is 0 Å². The van der Waals surface area contributed by atoms with Crippen LogP contribution in [0.1, 0.15) is 45.4 Å². The minimum atomic E-state index is 0.241. The van der Waals surface area contributed by atoms with Crippen molar-refractivity contribution in [2.45, 2.75) is 57.6 Å². The van der Waals surface area contributed by atoms with Crippen molar-refractivity contribution in [3.63, 3.8) is 0 Å². The van der Waals surface area contributed by atoms with Crippen LogP contribution in [0.2, 0.25) is 0 Å². The molecule has 18 heavy (non-hydrogen) atoms. The Balaban J connectivity index is 2.05. The van der Waals surface area contributed by atoms with E-state index in [9.17, 15) is 0 Å². The first-order valence-electron chi connectivity index (χ1n) is 7.45. The van der Waals surface area contributed by atoms with Crippen LogP contribution in [0.3, 0.4) is 0 Å². The van der Waals surface area contributed by atoms with Crippen LogP contribution in [0.5, 0.6) is 0 Å². The van der Waals surface area contributed by atoms with Gasteiger partial charge in [0.15, 0.2) is 0 Å². The maximum atomic E-state index is 5.83. The van der Waals surface area contributed by atoms with Crippen LogP contribution in [0.25, 0.3) is 0 Å². The third-order valence-electron chi connectivity index (χ3n) is 4.18. The highest BCUT2D eigenvalue weighted by molar-refractivity contribution is 5.11. The van der Waals surface area contributed by atoms with E-state index in [0.29, 0.717) is 5.92 Å². The lowest BCUT2D eigenvalue weighted by Gasteiger charge is -2.35. The summed E-state index contributed by atoms with van der Waals surface area (Å²) in [5.41, 5.74) is 0. The Labute approximate surface area is 111 Å². The quantitative estimate of drug-likeness (QED) is 0.789. The third-order valence-corrected chi connectivity index (χ3v) is 4.18. The Morgan fingerprint density at radius 3 is 2.72 bits per heavy atom. The van der Waals surface area contributed by atoms with Gasteiger partial charge in [-0.25, -0.2) is 0 Å². The molecule has 1 fully saturated rings. The number of rotatable bonds is 6. The lowest BCUT2D eigenvalue weighted by Crippen LogP contribution is -2.47. The van der Waals surface area contributed by atoms with Crippen LogP contribution in [0, 0.1) is 5.92 Å². The van der Waals surface area contributed by atoms with Gasteiger partial charge in [-0.3, -0.25) is 0 Å². The molecule has 0 aromatic rings.